The maximum absolute atomic E-state index is 11.1. The number of cyclic esters (lactones) is 1. The first kappa shape index (κ1) is 10.4. The van der Waals surface area contributed by atoms with Crippen LogP contribution >= 0.6 is 0 Å². The Bertz CT molecular complexity index is 159. The first-order valence-corrected chi connectivity index (χ1v) is 4.31. The molecule has 1 aliphatic rings. The second kappa shape index (κ2) is 5.90. The molecule has 76 valence electrons. The van der Waals surface area contributed by atoms with Gasteiger partial charge in [0.2, 0.25) is 6.61 Å². The van der Waals surface area contributed by atoms with E-state index in [-0.39, 0.29) is 19.2 Å². The third-order valence-electron chi connectivity index (χ3n) is 1.73. The lowest BCUT2D eigenvalue weighted by molar-refractivity contribution is -0.216. The van der Waals surface area contributed by atoms with Gasteiger partial charge in [-0.25, -0.2) is 0 Å². The monoisotopic (exact) mass is 191 g/mol. The molecule has 0 aromatic rings. The molecule has 0 atom stereocenters. The first-order valence-electron chi connectivity index (χ1n) is 4.31. The van der Waals surface area contributed by atoms with Crippen molar-refractivity contribution in [2.24, 2.45) is 0 Å². The summed E-state index contributed by atoms with van der Waals surface area (Å²) in [6, 6.07) is 0. The minimum atomic E-state index is -0.0705. The van der Waals surface area contributed by atoms with Crippen molar-refractivity contribution >= 4 is 5.97 Å². The molecule has 1 saturated heterocycles. The van der Waals surface area contributed by atoms with Gasteiger partial charge in [0.15, 0.2) is 0 Å². The molecule has 5 nitrogen and oxygen atoms in total. The summed E-state index contributed by atoms with van der Waals surface area (Å²) in [6.07, 6.45) is 0. The predicted octanol–water partition coefficient (Wildman–Crippen LogP) is -0.896. The van der Waals surface area contributed by atoms with E-state index in [0.29, 0.717) is 33.0 Å². The van der Waals surface area contributed by atoms with Crippen molar-refractivity contribution in [2.75, 3.05) is 46.2 Å². The molecule has 1 fully saturated rings. The minimum Gasteiger partial charge on any atom is -0.540 e. The molecule has 0 unspecified atom stereocenters. The van der Waals surface area contributed by atoms with Crippen molar-refractivity contribution in [3.05, 3.63) is 0 Å². The number of aliphatic hydroxyl groups is 1. The van der Waals surface area contributed by atoms with E-state index in [2.05, 4.69) is 4.37 Å². The van der Waals surface area contributed by atoms with Crippen molar-refractivity contribution in [1.82, 2.24) is 0 Å². The van der Waals surface area contributed by atoms with Gasteiger partial charge in [-0.2, -0.15) is 0 Å². The summed E-state index contributed by atoms with van der Waals surface area (Å²) in [4.78, 5) is 11.1. The van der Waals surface area contributed by atoms with Crippen molar-refractivity contribution in [2.45, 2.75) is 0 Å². The zero-order valence-electron chi connectivity index (χ0n) is 7.53. The van der Waals surface area contributed by atoms with Gasteiger partial charge in [0.05, 0.1) is 13.2 Å². The van der Waals surface area contributed by atoms with Crippen LogP contribution < -0.4 is 0 Å². The van der Waals surface area contributed by atoms with Gasteiger partial charge in [0, 0.05) is 4.79 Å². The average Bonchev–Trinajstić information content (AvgIpc) is 2.15. The number of ether oxygens (including phenoxy) is 2. The predicted molar refractivity (Wildman–Crippen MR) is 44.5 cm³/mol. The summed E-state index contributed by atoms with van der Waals surface area (Å²) in [7, 11) is 0. The Morgan fingerprint density at radius 3 is 3.08 bits per heavy atom. The fraction of sp³-hybridized carbons (Fsp3) is 0.875. The number of carbonyl (C=O) groups excluding carboxylic acids is 1. The van der Waals surface area contributed by atoms with Crippen molar-refractivity contribution in [3.8, 4) is 0 Å². The third kappa shape index (κ3) is 3.71. The molecule has 1 N–H and O–H groups in total. The van der Waals surface area contributed by atoms with Crippen LogP contribution in [0.15, 0.2) is 0 Å². The van der Waals surface area contributed by atoms with Crippen LogP contribution in [0.2, 0.25) is 0 Å². The van der Waals surface area contributed by atoms with E-state index >= 15 is 0 Å². The fourth-order valence-electron chi connectivity index (χ4n) is 1.05. The summed E-state index contributed by atoms with van der Waals surface area (Å²) in [5.74, 6) is -0.0705. The van der Waals surface area contributed by atoms with Crippen LogP contribution in [0.25, 0.3) is 0 Å². The minimum absolute atomic E-state index is 0.0156. The lowest BCUT2D eigenvalue weighted by Gasteiger charge is -2.25. The summed E-state index contributed by atoms with van der Waals surface area (Å²) in [5, 5.41) is 8.42. The summed E-state index contributed by atoms with van der Waals surface area (Å²) in [6.45, 7) is 2.54. The molecular weight excluding hydrogens is 176 g/mol. The van der Waals surface area contributed by atoms with Crippen LogP contribution in [0.5, 0.6) is 0 Å². The van der Waals surface area contributed by atoms with Crippen LogP contribution in [0.4, 0.5) is 0 Å². The standard InChI is InChI=1S/C8H15O5/c9-1-2-11-3-5-13-6-4-12-7-8(13)10/h9H,1-7H2/q+1. The van der Waals surface area contributed by atoms with Crippen LogP contribution in [0.3, 0.4) is 0 Å². The lowest BCUT2D eigenvalue weighted by Crippen LogP contribution is -2.36. The molecular formula is C8H15O5+. The van der Waals surface area contributed by atoms with Gasteiger partial charge >= 0.3 is 5.97 Å². The Kier molecular flexibility index (Phi) is 4.74. The normalized spacial score (nSPS) is 17.9. The van der Waals surface area contributed by atoms with Gasteiger partial charge in [-0.3, -0.25) is 0 Å². The number of rotatable bonds is 5. The van der Waals surface area contributed by atoms with Crippen molar-refractivity contribution < 1.29 is 23.7 Å². The third-order valence-corrected chi connectivity index (χ3v) is 1.73. The summed E-state index contributed by atoms with van der Waals surface area (Å²) < 4.78 is 12.5. The Labute approximate surface area is 76.9 Å². The van der Waals surface area contributed by atoms with Crippen LogP contribution in [-0.2, 0) is 18.6 Å². The fourth-order valence-corrected chi connectivity index (χ4v) is 1.05. The smallest absolute Gasteiger partial charge is 0.540 e. The van der Waals surface area contributed by atoms with Gasteiger partial charge in [0.1, 0.15) is 26.4 Å². The van der Waals surface area contributed by atoms with Crippen LogP contribution in [-0.4, -0.2) is 57.3 Å². The summed E-state index contributed by atoms with van der Waals surface area (Å²) in [5.41, 5.74) is 0. The molecule has 0 amide bonds. The SMILES string of the molecule is O=C1COCC[O+]1CCOCCO. The second-order valence-corrected chi connectivity index (χ2v) is 2.66. The summed E-state index contributed by atoms with van der Waals surface area (Å²) >= 11 is 0. The quantitative estimate of drug-likeness (QED) is 0.348. The van der Waals surface area contributed by atoms with E-state index in [1.807, 2.05) is 0 Å². The van der Waals surface area contributed by atoms with E-state index in [4.69, 9.17) is 14.6 Å². The number of carbonyl (C=O) groups is 1. The van der Waals surface area contributed by atoms with E-state index in [1.165, 1.54) is 0 Å². The first-order chi connectivity index (χ1) is 6.34. The van der Waals surface area contributed by atoms with Crippen molar-refractivity contribution in [1.29, 1.82) is 0 Å². The molecule has 13 heavy (non-hydrogen) atoms. The number of hydrogen-bond donors (Lipinski definition) is 1. The number of hydrogen-bond acceptors (Lipinski definition) is 4. The average molecular weight is 191 g/mol. The van der Waals surface area contributed by atoms with Gasteiger partial charge in [-0.1, -0.05) is 0 Å². The molecule has 0 aromatic carbocycles. The van der Waals surface area contributed by atoms with Gasteiger partial charge in [-0.05, 0) is 0 Å². The Hall–Kier alpha value is -0.650. The molecule has 1 heterocycles. The van der Waals surface area contributed by atoms with Crippen molar-refractivity contribution in [3.63, 3.8) is 0 Å². The highest BCUT2D eigenvalue weighted by Gasteiger charge is 2.25. The molecule has 1 aliphatic heterocycles. The Balaban J connectivity index is 2.08. The van der Waals surface area contributed by atoms with Crippen LogP contribution in [0, 0.1) is 0 Å². The Morgan fingerprint density at radius 2 is 2.38 bits per heavy atom. The highest BCUT2D eigenvalue weighted by molar-refractivity contribution is 5.73. The molecule has 0 radical (unpaired) electrons. The topological polar surface area (TPSA) is 58.5 Å². The molecule has 5 heteroatoms. The maximum Gasteiger partial charge on any atom is 0.544 e. The zero-order valence-corrected chi connectivity index (χ0v) is 7.53. The molecule has 0 spiro atoms. The van der Waals surface area contributed by atoms with Gasteiger partial charge < -0.3 is 18.9 Å². The number of aliphatic hydroxyl groups excluding tert-OH is 1. The van der Waals surface area contributed by atoms with E-state index in [0.717, 1.165) is 0 Å². The molecule has 1 rings (SSSR count). The maximum atomic E-state index is 11.1. The second-order valence-electron chi connectivity index (χ2n) is 2.66. The molecule has 0 bridgehead atoms. The van der Waals surface area contributed by atoms with E-state index in [1.54, 1.807) is 0 Å². The lowest BCUT2D eigenvalue weighted by atomic mass is 10.5. The highest BCUT2D eigenvalue weighted by Crippen LogP contribution is 2.03. The van der Waals surface area contributed by atoms with E-state index in [9.17, 15) is 4.79 Å². The van der Waals surface area contributed by atoms with Gasteiger partial charge in [-0.15, -0.1) is 0 Å². The molecule has 0 aromatic heterocycles. The Morgan fingerprint density at radius 1 is 1.54 bits per heavy atom. The highest BCUT2D eigenvalue weighted by atomic mass is 16.7. The van der Waals surface area contributed by atoms with Crippen LogP contribution in [0.1, 0.15) is 0 Å². The van der Waals surface area contributed by atoms with E-state index < -0.39 is 0 Å². The molecule has 0 aliphatic carbocycles. The molecule has 0 saturated carbocycles. The van der Waals surface area contributed by atoms with Gasteiger partial charge in [0.25, 0.3) is 0 Å². The zero-order chi connectivity index (χ0) is 9.52. The largest absolute Gasteiger partial charge is 0.544 e.